The van der Waals surface area contributed by atoms with E-state index in [9.17, 15) is 5.11 Å². The van der Waals surface area contributed by atoms with Gasteiger partial charge in [0.1, 0.15) is 0 Å². The Bertz CT molecular complexity index is 506. The first kappa shape index (κ1) is 13.9. The topological polar surface area (TPSA) is 45.0 Å². The maximum absolute atomic E-state index is 11.2. The number of fused-ring (bicyclic) bond motifs is 7. The van der Waals surface area contributed by atoms with Crippen LogP contribution in [0.3, 0.4) is 0 Å². The molecule has 0 aromatic rings. The third kappa shape index (κ3) is 1.57. The van der Waals surface area contributed by atoms with Gasteiger partial charge in [0.25, 0.3) is 0 Å². The van der Waals surface area contributed by atoms with Crippen LogP contribution < -0.4 is 0 Å². The van der Waals surface area contributed by atoms with E-state index in [1.807, 2.05) is 0 Å². The molecule has 1 N–H and O–H groups in total. The lowest BCUT2D eigenvalue weighted by atomic mass is 9.50. The molecule has 0 aromatic heterocycles. The lowest BCUT2D eigenvalue weighted by Crippen LogP contribution is -2.53. The van der Waals surface area contributed by atoms with Gasteiger partial charge in [-0.25, -0.2) is 0 Å². The van der Waals surface area contributed by atoms with Crippen molar-refractivity contribution in [2.24, 2.45) is 51.2 Å². The molecule has 0 radical (unpaired) electrons. The van der Waals surface area contributed by atoms with E-state index in [4.69, 9.17) is 0 Å². The van der Waals surface area contributed by atoms with Crippen LogP contribution in [0.15, 0.2) is 10.2 Å². The van der Waals surface area contributed by atoms with Crippen molar-refractivity contribution in [1.82, 2.24) is 0 Å². The average molecular weight is 302 g/mol. The van der Waals surface area contributed by atoms with Gasteiger partial charge in [-0.1, -0.05) is 26.2 Å². The number of hydrogen-bond acceptors (Lipinski definition) is 3. The molecule has 3 nitrogen and oxygen atoms in total. The fraction of sp³-hybridized carbons (Fsp3) is 1.00. The van der Waals surface area contributed by atoms with Gasteiger partial charge in [-0.3, -0.25) is 0 Å². The summed E-state index contributed by atoms with van der Waals surface area (Å²) in [6.07, 6.45) is 12.5. The summed E-state index contributed by atoms with van der Waals surface area (Å²) in [6.45, 7) is 3.11. The number of azo groups is 1. The highest BCUT2D eigenvalue weighted by Crippen LogP contribution is 2.68. The Hall–Kier alpha value is -0.440. The summed E-state index contributed by atoms with van der Waals surface area (Å²) in [4.78, 5) is 0. The fourth-order valence-corrected chi connectivity index (χ4v) is 7.62. The van der Waals surface area contributed by atoms with Crippen LogP contribution in [0.4, 0.5) is 0 Å². The predicted octanol–water partition coefficient (Wildman–Crippen LogP) is 4.41. The quantitative estimate of drug-likeness (QED) is 0.708. The Labute approximate surface area is 134 Å². The van der Waals surface area contributed by atoms with Gasteiger partial charge in [0.15, 0.2) is 5.72 Å². The number of aliphatic hydroxyl groups is 1. The highest BCUT2D eigenvalue weighted by molar-refractivity contribution is 5.15. The Morgan fingerprint density at radius 2 is 1.82 bits per heavy atom. The van der Waals surface area contributed by atoms with Gasteiger partial charge < -0.3 is 5.11 Å². The summed E-state index contributed by atoms with van der Waals surface area (Å²) in [5.41, 5.74) is -0.827. The second-order valence-electron chi connectivity index (χ2n) is 9.26. The first-order valence-corrected chi connectivity index (χ1v) is 9.74. The number of rotatable bonds is 0. The van der Waals surface area contributed by atoms with Crippen LogP contribution in [-0.2, 0) is 0 Å². The van der Waals surface area contributed by atoms with E-state index >= 15 is 0 Å². The average Bonchev–Trinajstić information content (AvgIpc) is 3.01. The fourth-order valence-electron chi connectivity index (χ4n) is 7.62. The monoisotopic (exact) mass is 302 g/mol. The molecular weight excluding hydrogens is 272 g/mol. The molecule has 4 saturated carbocycles. The third-order valence-electron chi connectivity index (χ3n) is 8.74. The van der Waals surface area contributed by atoms with Gasteiger partial charge in [0, 0.05) is 11.3 Å². The molecule has 0 bridgehead atoms. The Balaban J connectivity index is 1.47. The molecule has 1 aliphatic heterocycles. The Kier molecular flexibility index (Phi) is 2.89. The molecule has 4 aliphatic carbocycles. The van der Waals surface area contributed by atoms with Crippen LogP contribution in [0, 0.1) is 40.9 Å². The molecule has 1 heterocycles. The molecule has 4 fully saturated rings. The van der Waals surface area contributed by atoms with Crippen molar-refractivity contribution in [3.63, 3.8) is 0 Å². The van der Waals surface area contributed by atoms with Crippen molar-refractivity contribution in [2.75, 3.05) is 6.54 Å². The van der Waals surface area contributed by atoms with Gasteiger partial charge in [0.05, 0.1) is 6.54 Å². The van der Waals surface area contributed by atoms with E-state index in [2.05, 4.69) is 17.2 Å². The van der Waals surface area contributed by atoms with Crippen molar-refractivity contribution in [3.8, 4) is 0 Å². The zero-order valence-corrected chi connectivity index (χ0v) is 13.9. The van der Waals surface area contributed by atoms with E-state index < -0.39 is 5.72 Å². The molecule has 7 unspecified atom stereocenters. The number of nitrogens with zero attached hydrogens (tertiary/aromatic N) is 2. The smallest absolute Gasteiger partial charge is 0.186 e. The summed E-state index contributed by atoms with van der Waals surface area (Å²) >= 11 is 0. The van der Waals surface area contributed by atoms with E-state index in [-0.39, 0.29) is 5.41 Å². The van der Waals surface area contributed by atoms with Crippen LogP contribution in [-0.4, -0.2) is 17.4 Å². The SMILES string of the molecule is C[C@]12CCC3C4CCCCC4CCC3C1CC1CN=NC12O. The third-order valence-corrected chi connectivity index (χ3v) is 8.74. The van der Waals surface area contributed by atoms with Gasteiger partial charge in [-0.05, 0) is 68.1 Å². The zero-order valence-electron chi connectivity index (χ0n) is 13.9. The summed E-state index contributed by atoms with van der Waals surface area (Å²) in [6, 6.07) is 0. The first-order valence-electron chi connectivity index (χ1n) is 9.74. The van der Waals surface area contributed by atoms with E-state index in [0.29, 0.717) is 11.8 Å². The molecule has 3 heteroatoms. The van der Waals surface area contributed by atoms with Crippen LogP contribution >= 0.6 is 0 Å². The summed E-state index contributed by atoms with van der Waals surface area (Å²) in [5, 5.41) is 19.9. The van der Waals surface area contributed by atoms with Crippen LogP contribution in [0.2, 0.25) is 0 Å². The Morgan fingerprint density at radius 1 is 0.955 bits per heavy atom. The van der Waals surface area contributed by atoms with Gasteiger partial charge >= 0.3 is 0 Å². The van der Waals surface area contributed by atoms with E-state index in [1.54, 1.807) is 0 Å². The van der Waals surface area contributed by atoms with Crippen LogP contribution in [0.1, 0.15) is 64.7 Å². The van der Waals surface area contributed by atoms with E-state index in [1.165, 1.54) is 57.8 Å². The summed E-state index contributed by atoms with van der Waals surface area (Å²) < 4.78 is 0. The van der Waals surface area contributed by atoms with Gasteiger partial charge in [-0.2, -0.15) is 10.2 Å². The lowest BCUT2D eigenvalue weighted by molar-refractivity contribution is -0.132. The minimum atomic E-state index is -0.827. The highest BCUT2D eigenvalue weighted by Gasteiger charge is 2.68. The van der Waals surface area contributed by atoms with Crippen molar-refractivity contribution in [1.29, 1.82) is 0 Å². The maximum atomic E-state index is 11.2. The molecule has 0 amide bonds. The maximum Gasteiger partial charge on any atom is 0.186 e. The van der Waals surface area contributed by atoms with Crippen LogP contribution in [0.25, 0.3) is 0 Å². The van der Waals surface area contributed by atoms with Crippen molar-refractivity contribution < 1.29 is 5.11 Å². The predicted molar refractivity (Wildman–Crippen MR) is 85.3 cm³/mol. The van der Waals surface area contributed by atoms with Crippen LogP contribution in [0.5, 0.6) is 0 Å². The molecule has 22 heavy (non-hydrogen) atoms. The molecule has 8 atom stereocenters. The zero-order chi connectivity index (χ0) is 14.9. The molecule has 0 saturated heterocycles. The molecule has 5 rings (SSSR count). The normalized spacial score (nSPS) is 59.5. The largest absolute Gasteiger partial charge is 0.367 e. The van der Waals surface area contributed by atoms with Crippen molar-refractivity contribution >= 4 is 0 Å². The van der Waals surface area contributed by atoms with Gasteiger partial charge in [-0.15, -0.1) is 0 Å². The standard InChI is InChI=1S/C19H30N2O/c1-18-9-8-15-14-5-3-2-4-12(14)6-7-16(15)17(18)10-13-11-20-21-19(13,18)22/h12-17,22H,2-11H2,1H3/t12?,13?,14?,15?,16?,17?,18-,19?/m0/s1. The molecule has 122 valence electrons. The molecule has 0 spiro atoms. The minimum Gasteiger partial charge on any atom is -0.367 e. The van der Waals surface area contributed by atoms with Crippen molar-refractivity contribution in [3.05, 3.63) is 0 Å². The van der Waals surface area contributed by atoms with E-state index in [0.717, 1.165) is 30.2 Å². The summed E-state index contributed by atoms with van der Waals surface area (Å²) in [5.74, 6) is 4.87. The first-order chi connectivity index (χ1) is 10.6. The minimum absolute atomic E-state index is 0.000334. The van der Waals surface area contributed by atoms with Gasteiger partial charge in [0.2, 0.25) is 0 Å². The highest BCUT2D eigenvalue weighted by atomic mass is 16.3. The lowest BCUT2D eigenvalue weighted by Gasteiger charge is -2.56. The second kappa shape index (κ2) is 4.55. The Morgan fingerprint density at radius 3 is 2.73 bits per heavy atom. The summed E-state index contributed by atoms with van der Waals surface area (Å²) in [7, 11) is 0. The molecule has 0 aromatic carbocycles. The number of hydrogen-bond donors (Lipinski definition) is 1. The molecule has 5 aliphatic rings. The second-order valence-corrected chi connectivity index (χ2v) is 9.26. The van der Waals surface area contributed by atoms with Crippen molar-refractivity contribution in [2.45, 2.75) is 70.4 Å². The molecular formula is C19H30N2O.